The van der Waals surface area contributed by atoms with Gasteiger partial charge in [-0.1, -0.05) is 0 Å². The van der Waals surface area contributed by atoms with Crippen LogP contribution in [0, 0.1) is 5.92 Å². The molecule has 3 aliphatic rings. The van der Waals surface area contributed by atoms with Crippen LogP contribution in [0.4, 0.5) is 0 Å². The number of thiophene rings is 1. The van der Waals surface area contributed by atoms with Crippen molar-refractivity contribution < 1.29 is 9.59 Å². The van der Waals surface area contributed by atoms with Gasteiger partial charge in [0.15, 0.2) is 0 Å². The topological polar surface area (TPSA) is 49.4 Å². The van der Waals surface area contributed by atoms with Crippen molar-refractivity contribution in [3.63, 3.8) is 0 Å². The summed E-state index contributed by atoms with van der Waals surface area (Å²) in [7, 11) is 0. The van der Waals surface area contributed by atoms with Gasteiger partial charge >= 0.3 is 0 Å². The maximum absolute atomic E-state index is 12.0. The van der Waals surface area contributed by atoms with Crippen molar-refractivity contribution in [1.29, 1.82) is 0 Å². The molecule has 0 saturated carbocycles. The highest BCUT2D eigenvalue weighted by atomic mass is 79.9. The Balaban J connectivity index is 1.63. The monoisotopic (exact) mass is 342 g/mol. The normalized spacial score (nSPS) is 29.2. The molecule has 1 aromatic rings. The summed E-state index contributed by atoms with van der Waals surface area (Å²) in [5.41, 5.74) is 0. The molecule has 1 aromatic heterocycles. The maximum Gasteiger partial charge on any atom is 0.293 e. The minimum atomic E-state index is -0.465. The lowest BCUT2D eigenvalue weighted by Crippen LogP contribution is -2.58. The molecular weight excluding hydrogens is 328 g/mol. The number of amides is 1. The third kappa shape index (κ3) is 2.75. The summed E-state index contributed by atoms with van der Waals surface area (Å²) >= 11 is 4.60. The molecule has 1 amide bonds. The minimum Gasteiger partial charge on any atom is -0.345 e. The first-order valence-electron chi connectivity index (χ1n) is 6.46. The van der Waals surface area contributed by atoms with Crippen molar-refractivity contribution in [1.82, 2.24) is 10.2 Å². The van der Waals surface area contributed by atoms with Crippen LogP contribution in [0.25, 0.3) is 0 Å². The fourth-order valence-corrected chi connectivity index (χ4v) is 4.23. The van der Waals surface area contributed by atoms with Crippen molar-refractivity contribution in [3.05, 3.63) is 20.8 Å². The lowest BCUT2D eigenvalue weighted by Gasteiger charge is -2.44. The predicted octanol–water partition coefficient (Wildman–Crippen LogP) is 1.90. The summed E-state index contributed by atoms with van der Waals surface area (Å²) < 4.78 is 0.867. The molecule has 4 nitrogen and oxygen atoms in total. The summed E-state index contributed by atoms with van der Waals surface area (Å²) in [6.07, 6.45) is 2.26. The van der Waals surface area contributed by atoms with Crippen LogP contribution in [0.15, 0.2) is 15.9 Å². The Kier molecular flexibility index (Phi) is 3.73. The molecule has 0 aliphatic carbocycles. The molecule has 4 rings (SSSR count). The van der Waals surface area contributed by atoms with Gasteiger partial charge in [0, 0.05) is 12.6 Å². The molecule has 3 aliphatic heterocycles. The number of carbonyl (C=O) groups is 2. The summed E-state index contributed by atoms with van der Waals surface area (Å²) in [4.78, 5) is 26.9. The van der Waals surface area contributed by atoms with Crippen LogP contribution in [0.1, 0.15) is 22.5 Å². The van der Waals surface area contributed by atoms with Crippen molar-refractivity contribution in [3.8, 4) is 0 Å². The van der Waals surface area contributed by atoms with E-state index in [9.17, 15) is 9.59 Å². The molecular formula is C13H15BrN2O2S. The molecule has 3 fully saturated rings. The molecule has 102 valence electrons. The second kappa shape index (κ2) is 5.34. The predicted molar refractivity (Wildman–Crippen MR) is 77.4 cm³/mol. The Morgan fingerprint density at radius 1 is 1.32 bits per heavy atom. The first-order chi connectivity index (χ1) is 9.13. The molecule has 0 spiro atoms. The highest BCUT2D eigenvalue weighted by Crippen LogP contribution is 2.28. The van der Waals surface area contributed by atoms with Gasteiger partial charge in [-0.2, -0.15) is 0 Å². The Morgan fingerprint density at radius 2 is 2.05 bits per heavy atom. The van der Waals surface area contributed by atoms with E-state index in [2.05, 4.69) is 26.1 Å². The van der Waals surface area contributed by atoms with E-state index in [1.54, 1.807) is 12.1 Å². The number of ketones is 1. The summed E-state index contributed by atoms with van der Waals surface area (Å²) in [6, 6.07) is 3.62. The molecule has 1 N–H and O–H groups in total. The lowest BCUT2D eigenvalue weighted by molar-refractivity contribution is -0.119. The van der Waals surface area contributed by atoms with Crippen LogP contribution < -0.4 is 5.32 Å². The number of hydrogen-bond acceptors (Lipinski definition) is 4. The fraction of sp³-hybridized carbons (Fsp3) is 0.538. The Bertz CT molecular complexity index is 508. The Hall–Kier alpha value is -0.720. The van der Waals surface area contributed by atoms with Crippen LogP contribution >= 0.6 is 27.3 Å². The van der Waals surface area contributed by atoms with Gasteiger partial charge in [-0.05, 0) is 59.9 Å². The zero-order valence-electron chi connectivity index (χ0n) is 10.4. The van der Waals surface area contributed by atoms with E-state index in [1.807, 2.05) is 0 Å². The van der Waals surface area contributed by atoms with Crippen LogP contribution in [0.2, 0.25) is 0 Å². The number of halogens is 1. The number of fused-ring (bicyclic) bond motifs is 3. The average Bonchev–Trinajstić information content (AvgIpc) is 2.86. The van der Waals surface area contributed by atoms with Crippen molar-refractivity contribution >= 4 is 39.0 Å². The Labute approximate surface area is 124 Å². The third-order valence-corrected chi connectivity index (χ3v) is 5.60. The second-order valence-corrected chi connectivity index (χ2v) is 7.61. The first-order valence-corrected chi connectivity index (χ1v) is 8.07. The quantitative estimate of drug-likeness (QED) is 0.674. The van der Waals surface area contributed by atoms with Gasteiger partial charge in [0.1, 0.15) is 0 Å². The number of carbonyl (C=O) groups excluding carboxylic acids is 2. The van der Waals surface area contributed by atoms with Gasteiger partial charge in [0.2, 0.25) is 0 Å². The van der Waals surface area contributed by atoms with E-state index < -0.39 is 11.7 Å². The molecule has 3 saturated heterocycles. The zero-order valence-corrected chi connectivity index (χ0v) is 12.8. The number of nitrogens with one attached hydrogen (secondary N) is 1. The van der Waals surface area contributed by atoms with Gasteiger partial charge in [-0.25, -0.2) is 0 Å². The standard InChI is InChI=1S/C13H15BrN2O2S/c14-11-2-1-10(19-11)12(17)13(18)15-9-7-16-5-3-8(9)4-6-16/h1-2,8-9H,3-7H2,(H,15,18)/t9-/m0/s1. The molecule has 0 aromatic carbocycles. The third-order valence-electron chi connectivity index (χ3n) is 3.98. The van der Waals surface area contributed by atoms with E-state index in [4.69, 9.17) is 0 Å². The van der Waals surface area contributed by atoms with Gasteiger partial charge in [-0.15, -0.1) is 11.3 Å². The van der Waals surface area contributed by atoms with E-state index in [-0.39, 0.29) is 6.04 Å². The van der Waals surface area contributed by atoms with Crippen LogP contribution in [0.5, 0.6) is 0 Å². The van der Waals surface area contributed by atoms with E-state index in [0.29, 0.717) is 10.8 Å². The molecule has 6 heteroatoms. The lowest BCUT2D eigenvalue weighted by atomic mass is 9.84. The highest BCUT2D eigenvalue weighted by molar-refractivity contribution is 9.11. The number of hydrogen-bond donors (Lipinski definition) is 1. The summed E-state index contributed by atoms with van der Waals surface area (Å²) in [5.74, 6) is -0.350. The van der Waals surface area contributed by atoms with Gasteiger partial charge in [-0.3, -0.25) is 9.59 Å². The van der Waals surface area contributed by atoms with Gasteiger partial charge in [0.25, 0.3) is 11.7 Å². The molecule has 0 radical (unpaired) electrons. The minimum absolute atomic E-state index is 0.141. The molecule has 2 bridgehead atoms. The average molecular weight is 343 g/mol. The number of piperidine rings is 3. The molecule has 0 unspecified atom stereocenters. The molecule has 19 heavy (non-hydrogen) atoms. The largest absolute Gasteiger partial charge is 0.345 e. The molecule has 4 heterocycles. The fourth-order valence-electron chi connectivity index (χ4n) is 2.91. The van der Waals surface area contributed by atoms with E-state index in [1.165, 1.54) is 11.3 Å². The first kappa shape index (κ1) is 13.3. The number of Topliss-reactive ketones (excluding diaryl/α,β-unsaturated/α-hetero) is 1. The van der Waals surface area contributed by atoms with Crippen molar-refractivity contribution in [2.24, 2.45) is 5.92 Å². The smallest absolute Gasteiger partial charge is 0.293 e. The van der Waals surface area contributed by atoms with Crippen LogP contribution in [-0.4, -0.2) is 42.3 Å². The van der Waals surface area contributed by atoms with Crippen molar-refractivity contribution in [2.75, 3.05) is 19.6 Å². The van der Waals surface area contributed by atoms with Gasteiger partial charge in [0.05, 0.1) is 8.66 Å². The van der Waals surface area contributed by atoms with Crippen molar-refractivity contribution in [2.45, 2.75) is 18.9 Å². The van der Waals surface area contributed by atoms with E-state index in [0.717, 1.165) is 36.3 Å². The zero-order chi connectivity index (χ0) is 13.4. The number of rotatable bonds is 3. The van der Waals surface area contributed by atoms with Crippen LogP contribution in [0.3, 0.4) is 0 Å². The Morgan fingerprint density at radius 3 is 2.58 bits per heavy atom. The SMILES string of the molecule is O=C(N[C@H]1CN2CCC1CC2)C(=O)c1ccc(Br)s1. The molecule has 1 atom stereocenters. The van der Waals surface area contributed by atoms with E-state index >= 15 is 0 Å². The second-order valence-electron chi connectivity index (χ2n) is 5.15. The summed E-state index contributed by atoms with van der Waals surface area (Å²) in [5, 5.41) is 2.92. The van der Waals surface area contributed by atoms with Gasteiger partial charge < -0.3 is 10.2 Å². The highest BCUT2D eigenvalue weighted by Gasteiger charge is 2.35. The number of nitrogens with zero attached hydrogens (tertiary/aromatic N) is 1. The van der Waals surface area contributed by atoms with Crippen LogP contribution in [-0.2, 0) is 4.79 Å². The maximum atomic E-state index is 12.0. The summed E-state index contributed by atoms with van der Waals surface area (Å²) in [6.45, 7) is 3.14.